The highest BCUT2D eigenvalue weighted by Gasteiger charge is 2.44. The first kappa shape index (κ1) is 24.9. The Morgan fingerprint density at radius 2 is 1.81 bits per heavy atom. The van der Waals surface area contributed by atoms with Gasteiger partial charge in [-0.2, -0.15) is 5.26 Å². The van der Waals surface area contributed by atoms with Crippen LogP contribution >= 0.6 is 11.3 Å². The first-order chi connectivity index (χ1) is 17.5. The number of Topliss-reactive ketones (excluding diaryl/α,β-unsaturated/α-hetero) is 1. The molecule has 0 aliphatic heterocycles. The van der Waals surface area contributed by atoms with E-state index in [-0.39, 0.29) is 24.3 Å². The minimum atomic E-state index is -0.811. The van der Waals surface area contributed by atoms with E-state index < -0.39 is 11.8 Å². The minimum absolute atomic E-state index is 0.0159. The Balaban J connectivity index is 1.44. The van der Waals surface area contributed by atoms with Crippen molar-refractivity contribution in [3.8, 4) is 28.9 Å². The van der Waals surface area contributed by atoms with Crippen LogP contribution in [0.4, 0.5) is 0 Å². The van der Waals surface area contributed by atoms with Gasteiger partial charge in [-0.1, -0.05) is 36.3 Å². The van der Waals surface area contributed by atoms with Crippen LogP contribution in [0, 0.1) is 23.7 Å². The van der Waals surface area contributed by atoms with Gasteiger partial charge in [-0.15, -0.1) is 17.8 Å². The van der Waals surface area contributed by atoms with Crippen LogP contribution in [0.5, 0.6) is 0 Å². The molecule has 1 fully saturated rings. The lowest BCUT2D eigenvalue weighted by molar-refractivity contribution is -0.139. The summed E-state index contributed by atoms with van der Waals surface area (Å²) in [5.74, 6) is 0.609. The third-order valence-corrected chi connectivity index (χ3v) is 7.40. The van der Waals surface area contributed by atoms with Crippen LogP contribution in [0.3, 0.4) is 0 Å². The van der Waals surface area contributed by atoms with Gasteiger partial charge in [0.1, 0.15) is 0 Å². The first-order valence-electron chi connectivity index (χ1n) is 11.7. The number of ketones is 1. The van der Waals surface area contributed by atoms with E-state index in [1.54, 1.807) is 35.6 Å². The van der Waals surface area contributed by atoms with Gasteiger partial charge < -0.3 is 10.6 Å². The number of rotatable bonds is 9. The number of hydrogen-bond donors (Lipinski definition) is 2. The minimum Gasteiger partial charge on any atom is -0.344 e. The van der Waals surface area contributed by atoms with Crippen molar-refractivity contribution in [2.45, 2.75) is 37.6 Å². The monoisotopic (exact) mass is 495 g/mol. The Bertz CT molecular complexity index is 1380. The summed E-state index contributed by atoms with van der Waals surface area (Å²) >= 11 is 1.64. The van der Waals surface area contributed by atoms with Crippen LogP contribution < -0.4 is 10.6 Å². The maximum absolute atomic E-state index is 13.2. The molecule has 1 aromatic heterocycles. The summed E-state index contributed by atoms with van der Waals surface area (Å²) < 4.78 is 0. The van der Waals surface area contributed by atoms with Crippen LogP contribution in [0.15, 0.2) is 60.0 Å². The molecule has 0 bridgehead atoms. The number of benzene rings is 2. The molecule has 180 valence electrons. The van der Waals surface area contributed by atoms with Crippen LogP contribution in [0.2, 0.25) is 0 Å². The summed E-state index contributed by atoms with van der Waals surface area (Å²) in [5.41, 5.74) is 3.84. The second-order valence-electron chi connectivity index (χ2n) is 8.82. The predicted molar refractivity (Wildman–Crippen MR) is 139 cm³/mol. The number of carbonyl (C=O) groups excluding carboxylic acids is 3. The van der Waals surface area contributed by atoms with Gasteiger partial charge in [0.15, 0.2) is 5.78 Å². The number of thiophene rings is 1. The second kappa shape index (κ2) is 11.0. The molecule has 1 saturated carbocycles. The van der Waals surface area contributed by atoms with E-state index in [1.807, 2.05) is 29.6 Å². The molecule has 36 heavy (non-hydrogen) atoms. The first-order valence-corrected chi connectivity index (χ1v) is 12.5. The summed E-state index contributed by atoms with van der Waals surface area (Å²) in [6.07, 6.45) is 8.07. The van der Waals surface area contributed by atoms with E-state index in [4.69, 9.17) is 6.42 Å². The Labute approximate surface area is 214 Å². The number of nitrogens with one attached hydrogen (secondary N) is 2. The fraction of sp³-hybridized carbons (Fsp3) is 0.241. The quantitative estimate of drug-likeness (QED) is 0.262. The van der Waals surface area contributed by atoms with Crippen molar-refractivity contribution >= 4 is 28.9 Å². The lowest BCUT2D eigenvalue weighted by atomic mass is 9.86. The number of amides is 2. The van der Waals surface area contributed by atoms with Crippen molar-refractivity contribution < 1.29 is 14.4 Å². The van der Waals surface area contributed by atoms with Gasteiger partial charge in [0.2, 0.25) is 0 Å². The van der Waals surface area contributed by atoms with Gasteiger partial charge in [0.25, 0.3) is 0 Å². The smallest absolute Gasteiger partial charge is 0.310 e. The average Bonchev–Trinajstić information content (AvgIpc) is 3.51. The SMILES string of the molecule is C#CCNC(=O)C(=O)NCc1ccccc1C(=O)CCC1(c2cc(C#N)cc(-c3cccs3)c2)CC1. The standard InChI is InChI=1S/C29H25N3O3S/c1-2-13-31-27(34)28(35)32-19-21-6-3-4-7-24(21)25(33)9-10-29(11-12-29)23-16-20(18-30)15-22(17-23)26-8-5-14-36-26/h1,3-8,14-17H,9-13,19H2,(H,31,34)(H,32,35). The summed E-state index contributed by atoms with van der Waals surface area (Å²) in [6, 6.07) is 19.4. The van der Waals surface area contributed by atoms with Gasteiger partial charge in [-0.05, 0) is 71.0 Å². The highest BCUT2D eigenvalue weighted by Crippen LogP contribution is 2.52. The molecule has 0 unspecified atom stereocenters. The van der Waals surface area contributed by atoms with Crippen molar-refractivity contribution in [1.82, 2.24) is 10.6 Å². The van der Waals surface area contributed by atoms with Crippen LogP contribution in [-0.4, -0.2) is 24.1 Å². The molecular weight excluding hydrogens is 470 g/mol. The third kappa shape index (κ3) is 5.71. The van der Waals surface area contributed by atoms with Gasteiger partial charge in [-0.3, -0.25) is 14.4 Å². The van der Waals surface area contributed by atoms with Crippen molar-refractivity contribution in [2.75, 3.05) is 6.54 Å². The molecule has 6 nitrogen and oxygen atoms in total. The third-order valence-electron chi connectivity index (χ3n) is 6.48. The van der Waals surface area contributed by atoms with E-state index in [0.29, 0.717) is 29.5 Å². The number of terminal acetylenes is 1. The number of nitriles is 1. The Morgan fingerprint density at radius 1 is 1.03 bits per heavy atom. The normalized spacial score (nSPS) is 13.2. The molecule has 2 aromatic carbocycles. The number of nitrogens with zero attached hydrogens (tertiary/aromatic N) is 1. The van der Waals surface area contributed by atoms with Crippen molar-refractivity contribution in [3.63, 3.8) is 0 Å². The average molecular weight is 496 g/mol. The van der Waals surface area contributed by atoms with Crippen LogP contribution in [0.25, 0.3) is 10.4 Å². The number of carbonyl (C=O) groups is 3. The summed E-state index contributed by atoms with van der Waals surface area (Å²) in [4.78, 5) is 38.0. The zero-order valence-electron chi connectivity index (χ0n) is 19.7. The molecule has 4 rings (SSSR count). The molecule has 2 amide bonds. The van der Waals surface area contributed by atoms with Crippen LogP contribution in [-0.2, 0) is 21.5 Å². The Morgan fingerprint density at radius 3 is 2.50 bits per heavy atom. The lowest BCUT2D eigenvalue weighted by Crippen LogP contribution is -2.39. The van der Waals surface area contributed by atoms with Gasteiger partial charge >= 0.3 is 11.8 Å². The molecular formula is C29H25N3O3S. The molecule has 7 heteroatoms. The van der Waals surface area contributed by atoms with Gasteiger partial charge in [-0.25, -0.2) is 0 Å². The highest BCUT2D eigenvalue weighted by molar-refractivity contribution is 7.13. The summed E-state index contributed by atoms with van der Waals surface area (Å²) in [5, 5.41) is 16.4. The van der Waals surface area contributed by atoms with E-state index in [9.17, 15) is 19.6 Å². The fourth-order valence-corrected chi connectivity index (χ4v) is 5.03. The topological polar surface area (TPSA) is 99.1 Å². The molecule has 1 aliphatic rings. The molecule has 0 radical (unpaired) electrons. The van der Waals surface area contributed by atoms with Crippen molar-refractivity contribution in [3.05, 3.63) is 82.2 Å². The summed E-state index contributed by atoms with van der Waals surface area (Å²) in [6.45, 7) is 0.0267. The van der Waals surface area contributed by atoms with Crippen molar-refractivity contribution in [2.24, 2.45) is 0 Å². The number of hydrogen-bond acceptors (Lipinski definition) is 5. The van der Waals surface area contributed by atoms with E-state index in [0.717, 1.165) is 28.8 Å². The molecule has 2 N–H and O–H groups in total. The molecule has 1 heterocycles. The van der Waals surface area contributed by atoms with Gasteiger partial charge in [0, 0.05) is 23.4 Å². The highest BCUT2D eigenvalue weighted by atomic mass is 32.1. The maximum Gasteiger partial charge on any atom is 0.310 e. The molecule has 0 saturated heterocycles. The molecule has 0 spiro atoms. The van der Waals surface area contributed by atoms with E-state index in [2.05, 4.69) is 28.7 Å². The van der Waals surface area contributed by atoms with Crippen molar-refractivity contribution in [1.29, 1.82) is 5.26 Å². The second-order valence-corrected chi connectivity index (χ2v) is 9.77. The van der Waals surface area contributed by atoms with E-state index >= 15 is 0 Å². The fourth-order valence-electron chi connectivity index (χ4n) is 4.32. The van der Waals surface area contributed by atoms with E-state index in [1.165, 1.54) is 0 Å². The summed E-state index contributed by atoms with van der Waals surface area (Å²) in [7, 11) is 0. The molecule has 3 aromatic rings. The molecule has 0 atom stereocenters. The largest absolute Gasteiger partial charge is 0.344 e. The molecule has 1 aliphatic carbocycles. The lowest BCUT2D eigenvalue weighted by Gasteiger charge is -2.17. The Kier molecular flexibility index (Phi) is 7.63. The Hall–Kier alpha value is -4.20. The zero-order valence-corrected chi connectivity index (χ0v) is 20.5. The predicted octanol–water partition coefficient (Wildman–Crippen LogP) is 4.35. The maximum atomic E-state index is 13.2. The van der Waals surface area contributed by atoms with Gasteiger partial charge in [0.05, 0.1) is 18.2 Å². The zero-order chi connectivity index (χ0) is 25.5. The van der Waals surface area contributed by atoms with Crippen LogP contribution in [0.1, 0.15) is 52.7 Å².